The van der Waals surface area contributed by atoms with E-state index in [1.165, 1.54) is 0 Å². The summed E-state index contributed by atoms with van der Waals surface area (Å²) in [4.78, 5) is 0. The van der Waals surface area contributed by atoms with Crippen LogP contribution in [0.1, 0.15) is 116 Å². The highest BCUT2D eigenvalue weighted by Gasteiger charge is 2.68. The van der Waals surface area contributed by atoms with E-state index in [1.54, 1.807) is 0 Å². The van der Waals surface area contributed by atoms with Crippen molar-refractivity contribution in [2.75, 3.05) is 0 Å². The fraction of sp³-hybridized carbons (Fsp3) is 1.00. The molecule has 12 rings (SSSR count). The van der Waals surface area contributed by atoms with Crippen LogP contribution in [0.2, 0.25) is 0 Å². The second-order valence-electron chi connectivity index (χ2n) is 17.2. The molecule has 12 aliphatic carbocycles. The van der Waals surface area contributed by atoms with Crippen LogP contribution >= 0.6 is 10.8 Å². The van der Waals surface area contributed by atoms with Crippen LogP contribution in [0.3, 0.4) is 0 Å². The van der Waals surface area contributed by atoms with Crippen molar-refractivity contribution < 1.29 is 25.3 Å². The van der Waals surface area contributed by atoms with Gasteiger partial charge in [0.15, 0.2) is 19.7 Å². The lowest BCUT2D eigenvalue weighted by Gasteiger charge is -2.59. The SMILES string of the molecule is O=S(=O)(SC(S(=O)(=O)C12CC3CC(CC(C3)C1)C2)S(=O)(=O)C12CC3CC(CC(C3)C1)C2)C12CC3CC(CC(C3)C1)C2. The first-order chi connectivity index (χ1) is 19.3. The van der Waals surface area contributed by atoms with Gasteiger partial charge in [-0.15, -0.1) is 0 Å². The van der Waals surface area contributed by atoms with Gasteiger partial charge in [-0.05, 0) is 169 Å². The molecular weight excluding hydrogens is 597 g/mol. The Morgan fingerprint density at radius 3 is 0.854 bits per heavy atom. The summed E-state index contributed by atoms with van der Waals surface area (Å²) in [7, 11) is -12.1. The lowest BCUT2D eigenvalue weighted by Crippen LogP contribution is -2.62. The largest absolute Gasteiger partial charge is 0.226 e. The van der Waals surface area contributed by atoms with Gasteiger partial charge in [-0.2, -0.15) is 0 Å². The number of hydrogen-bond donors (Lipinski definition) is 0. The fourth-order valence-corrected chi connectivity index (χ4v) is 29.5. The van der Waals surface area contributed by atoms with Gasteiger partial charge in [0, 0.05) is 10.8 Å². The zero-order valence-electron chi connectivity index (χ0n) is 24.1. The highest BCUT2D eigenvalue weighted by molar-refractivity contribution is 8.76. The maximum Gasteiger partial charge on any atom is 0.223 e. The Labute approximate surface area is 250 Å². The third kappa shape index (κ3) is 3.74. The molecule has 6 nitrogen and oxygen atoms in total. The van der Waals surface area contributed by atoms with E-state index in [0.29, 0.717) is 122 Å². The summed E-state index contributed by atoms with van der Waals surface area (Å²) in [5.74, 6) is 3.17. The molecule has 0 aromatic heterocycles. The molecule has 0 atom stereocenters. The lowest BCUT2D eigenvalue weighted by molar-refractivity contribution is 0.0326. The minimum atomic E-state index is -4.28. The monoisotopic (exact) mass is 642 g/mol. The molecule has 0 radical (unpaired) electrons. The van der Waals surface area contributed by atoms with Crippen molar-refractivity contribution in [2.24, 2.45) is 53.3 Å². The predicted molar refractivity (Wildman–Crippen MR) is 161 cm³/mol. The van der Waals surface area contributed by atoms with Crippen LogP contribution in [-0.4, -0.2) is 43.4 Å². The summed E-state index contributed by atoms with van der Waals surface area (Å²) in [5, 5.41) is 0. The predicted octanol–water partition coefficient (Wildman–Crippen LogP) is 6.07. The lowest BCUT2D eigenvalue weighted by atomic mass is 9.56. The topological polar surface area (TPSA) is 102 Å². The molecular formula is C31H46O6S4. The maximum atomic E-state index is 15.2. The minimum absolute atomic E-state index is 0.337. The standard InChI is InChI=1S/C31H46O6S4/c32-39(33,29-10-19-1-20(11-29)3-21(2-19)12-29)28(40(34,35)30-13-22-4-23(14-30)6-24(5-22)15-30)38-41(36,37)31-16-25-7-26(17-31)9-27(8-25)18-31/h19-28H,1-18H2. The quantitative estimate of drug-likeness (QED) is 0.311. The first-order valence-corrected chi connectivity index (χ1v) is 22.7. The number of rotatable bonds is 7. The Bertz CT molecular complexity index is 1300. The van der Waals surface area contributed by atoms with E-state index in [0.717, 1.165) is 57.8 Å². The number of hydrogen-bond acceptors (Lipinski definition) is 7. The maximum absolute atomic E-state index is 15.2. The van der Waals surface area contributed by atoms with Gasteiger partial charge in [0.1, 0.15) is 0 Å². The molecule has 0 amide bonds. The molecule has 0 saturated heterocycles. The molecule has 12 aliphatic rings. The highest BCUT2D eigenvalue weighted by Crippen LogP contribution is 2.66. The highest BCUT2D eigenvalue weighted by atomic mass is 33.1. The van der Waals surface area contributed by atoms with Gasteiger partial charge in [-0.25, -0.2) is 25.3 Å². The van der Waals surface area contributed by atoms with Crippen LogP contribution in [-0.2, 0) is 28.5 Å². The molecule has 0 spiro atoms. The third-order valence-corrected chi connectivity index (χ3v) is 27.5. The van der Waals surface area contributed by atoms with Gasteiger partial charge in [0.25, 0.3) is 0 Å². The summed E-state index contributed by atoms with van der Waals surface area (Å²) in [6, 6.07) is 0. The Morgan fingerprint density at radius 1 is 0.390 bits per heavy atom. The van der Waals surface area contributed by atoms with Crippen molar-refractivity contribution in [1.82, 2.24) is 0 Å². The Balaban J connectivity index is 1.15. The number of sulfone groups is 2. The van der Waals surface area contributed by atoms with E-state index in [1.807, 2.05) is 0 Å². The molecule has 0 N–H and O–H groups in total. The first-order valence-electron chi connectivity index (χ1n) is 16.7. The van der Waals surface area contributed by atoms with Crippen molar-refractivity contribution in [1.29, 1.82) is 0 Å². The van der Waals surface area contributed by atoms with Crippen molar-refractivity contribution >= 4 is 39.3 Å². The van der Waals surface area contributed by atoms with Gasteiger partial charge in [0.2, 0.25) is 12.8 Å². The summed E-state index contributed by atoms with van der Waals surface area (Å²) in [5.41, 5.74) is 0. The van der Waals surface area contributed by atoms with Crippen LogP contribution < -0.4 is 0 Å². The zero-order valence-corrected chi connectivity index (χ0v) is 27.3. The van der Waals surface area contributed by atoms with Gasteiger partial charge in [0.05, 0.1) is 14.2 Å². The molecule has 0 aromatic rings. The molecule has 230 valence electrons. The molecule has 0 unspecified atom stereocenters. The molecule has 12 fully saturated rings. The van der Waals surface area contributed by atoms with Crippen molar-refractivity contribution in [3.05, 3.63) is 0 Å². The van der Waals surface area contributed by atoms with E-state index in [-0.39, 0.29) is 0 Å². The summed E-state index contributed by atoms with van der Waals surface area (Å²) in [6.45, 7) is 0. The van der Waals surface area contributed by atoms with Crippen LogP contribution in [0.15, 0.2) is 0 Å². The van der Waals surface area contributed by atoms with Gasteiger partial charge < -0.3 is 0 Å². The molecule has 0 aliphatic heterocycles. The first kappa shape index (κ1) is 27.5. The Kier molecular flexibility index (Phi) is 5.71. The second kappa shape index (κ2) is 8.51. The van der Waals surface area contributed by atoms with Crippen LogP contribution in [0, 0.1) is 53.3 Å². The van der Waals surface area contributed by atoms with Gasteiger partial charge in [-0.3, -0.25) is 0 Å². The average Bonchev–Trinajstić information content (AvgIpc) is 2.84. The molecule has 0 aromatic carbocycles. The summed E-state index contributed by atoms with van der Waals surface area (Å²) in [6.07, 6.45) is 14.6. The Morgan fingerprint density at radius 2 is 0.610 bits per heavy atom. The average molecular weight is 643 g/mol. The molecule has 12 saturated carbocycles. The second-order valence-corrected chi connectivity index (χ2v) is 27.3. The zero-order chi connectivity index (χ0) is 28.2. The van der Waals surface area contributed by atoms with Crippen LogP contribution in [0.25, 0.3) is 0 Å². The van der Waals surface area contributed by atoms with Crippen molar-refractivity contribution in [3.63, 3.8) is 0 Å². The Hall–Kier alpha value is 0.200. The molecule has 0 heterocycles. The smallest absolute Gasteiger partial charge is 0.223 e. The van der Waals surface area contributed by atoms with E-state index < -0.39 is 46.7 Å². The van der Waals surface area contributed by atoms with Crippen molar-refractivity contribution in [3.8, 4) is 0 Å². The van der Waals surface area contributed by atoms with E-state index >= 15 is 16.8 Å². The normalized spacial score (nSPS) is 53.7. The summed E-state index contributed by atoms with van der Waals surface area (Å²) >= 11 is 0. The third-order valence-electron chi connectivity index (χ3n) is 14.4. The van der Waals surface area contributed by atoms with Gasteiger partial charge in [-0.1, -0.05) is 0 Å². The van der Waals surface area contributed by atoms with Crippen LogP contribution in [0.5, 0.6) is 0 Å². The minimum Gasteiger partial charge on any atom is -0.226 e. The van der Waals surface area contributed by atoms with E-state index in [2.05, 4.69) is 0 Å². The molecule has 12 bridgehead atoms. The van der Waals surface area contributed by atoms with Crippen LogP contribution in [0.4, 0.5) is 0 Å². The van der Waals surface area contributed by atoms with Crippen molar-refractivity contribution in [2.45, 2.75) is 134 Å². The summed E-state index contributed by atoms with van der Waals surface area (Å²) < 4.78 is 85.1. The van der Waals surface area contributed by atoms with E-state index in [9.17, 15) is 8.42 Å². The van der Waals surface area contributed by atoms with E-state index in [4.69, 9.17) is 0 Å². The van der Waals surface area contributed by atoms with Gasteiger partial charge >= 0.3 is 0 Å². The fourth-order valence-electron chi connectivity index (χ4n) is 14.0. The molecule has 10 heteroatoms. The molecule has 41 heavy (non-hydrogen) atoms.